The minimum atomic E-state index is -0.00770. The molecule has 2 saturated heterocycles. The average molecular weight is 330 g/mol. The first-order chi connectivity index (χ1) is 11.7. The van der Waals surface area contributed by atoms with Crippen LogP contribution in [0, 0.1) is 0 Å². The molecule has 6 heteroatoms. The molecule has 1 aromatic carbocycles. The number of carbonyl (C=O) groups excluding carboxylic acids is 2. The molecule has 2 amide bonds. The van der Waals surface area contributed by atoms with Crippen molar-refractivity contribution in [1.29, 1.82) is 0 Å². The van der Waals surface area contributed by atoms with E-state index in [1.54, 1.807) is 0 Å². The first-order valence-corrected chi connectivity index (χ1v) is 8.82. The number of hydrogen-bond acceptors (Lipinski definition) is 4. The van der Waals surface area contributed by atoms with Gasteiger partial charge in [-0.3, -0.25) is 14.5 Å². The molecular weight excluding hydrogens is 304 g/mol. The summed E-state index contributed by atoms with van der Waals surface area (Å²) in [6.45, 7) is 4.22. The van der Waals surface area contributed by atoms with Gasteiger partial charge in [0.15, 0.2) is 0 Å². The van der Waals surface area contributed by atoms with Crippen LogP contribution in [-0.4, -0.2) is 66.9 Å². The fourth-order valence-corrected chi connectivity index (χ4v) is 3.33. The van der Waals surface area contributed by atoms with E-state index in [0.29, 0.717) is 19.6 Å². The van der Waals surface area contributed by atoms with Crippen molar-refractivity contribution in [3.05, 3.63) is 30.3 Å². The van der Waals surface area contributed by atoms with Gasteiger partial charge in [0, 0.05) is 31.9 Å². The maximum Gasteiger partial charge on any atom is 0.239 e. The van der Waals surface area contributed by atoms with Crippen molar-refractivity contribution < 1.29 is 9.59 Å². The van der Waals surface area contributed by atoms with E-state index in [4.69, 9.17) is 0 Å². The number of nitrogens with zero attached hydrogens (tertiary/aromatic N) is 2. The lowest BCUT2D eigenvalue weighted by molar-refractivity contribution is -0.135. The summed E-state index contributed by atoms with van der Waals surface area (Å²) in [7, 11) is 0. The van der Waals surface area contributed by atoms with Crippen LogP contribution in [0.1, 0.15) is 19.3 Å². The van der Waals surface area contributed by atoms with Gasteiger partial charge in [-0.15, -0.1) is 0 Å². The van der Waals surface area contributed by atoms with E-state index < -0.39 is 0 Å². The molecule has 2 heterocycles. The Balaban J connectivity index is 1.41. The fourth-order valence-electron chi connectivity index (χ4n) is 3.33. The number of para-hydroxylation sites is 1. The molecule has 130 valence electrons. The van der Waals surface area contributed by atoms with Crippen LogP contribution in [0.4, 0.5) is 5.69 Å². The quantitative estimate of drug-likeness (QED) is 0.861. The zero-order chi connectivity index (χ0) is 16.8. The van der Waals surface area contributed by atoms with Crippen molar-refractivity contribution in [2.45, 2.75) is 25.3 Å². The zero-order valence-electron chi connectivity index (χ0n) is 14.0. The molecule has 2 aliphatic heterocycles. The van der Waals surface area contributed by atoms with Gasteiger partial charge >= 0.3 is 0 Å². The Morgan fingerprint density at radius 2 is 1.83 bits per heavy atom. The lowest BCUT2D eigenvalue weighted by Gasteiger charge is -2.37. The maximum absolute atomic E-state index is 12.5. The number of piperidine rings is 1. The van der Waals surface area contributed by atoms with Gasteiger partial charge in [0.25, 0.3) is 0 Å². The van der Waals surface area contributed by atoms with Crippen LogP contribution in [-0.2, 0) is 9.59 Å². The van der Waals surface area contributed by atoms with E-state index >= 15 is 0 Å². The first kappa shape index (κ1) is 16.9. The normalized spacial score (nSPS) is 22.2. The summed E-state index contributed by atoms with van der Waals surface area (Å²) < 4.78 is 0. The van der Waals surface area contributed by atoms with Crippen molar-refractivity contribution in [2.24, 2.45) is 0 Å². The Morgan fingerprint density at radius 3 is 2.50 bits per heavy atom. The molecular formula is C18H26N4O2. The molecule has 0 bridgehead atoms. The van der Waals surface area contributed by atoms with Gasteiger partial charge in [-0.25, -0.2) is 0 Å². The molecule has 1 atom stereocenters. The lowest BCUT2D eigenvalue weighted by atomic mass is 10.0. The van der Waals surface area contributed by atoms with Gasteiger partial charge in [-0.2, -0.15) is 0 Å². The molecule has 0 spiro atoms. The monoisotopic (exact) mass is 330 g/mol. The topological polar surface area (TPSA) is 64.7 Å². The summed E-state index contributed by atoms with van der Waals surface area (Å²) in [5.74, 6) is 0.220. The third kappa shape index (κ3) is 4.55. The van der Waals surface area contributed by atoms with Crippen molar-refractivity contribution in [3.8, 4) is 0 Å². The van der Waals surface area contributed by atoms with Crippen LogP contribution in [0.2, 0.25) is 0 Å². The van der Waals surface area contributed by atoms with E-state index in [2.05, 4.69) is 15.5 Å². The van der Waals surface area contributed by atoms with Crippen molar-refractivity contribution >= 4 is 17.5 Å². The zero-order valence-corrected chi connectivity index (χ0v) is 14.0. The van der Waals surface area contributed by atoms with E-state index in [0.717, 1.165) is 44.6 Å². The Bertz CT molecular complexity index is 549. The van der Waals surface area contributed by atoms with Crippen molar-refractivity contribution in [1.82, 2.24) is 15.1 Å². The highest BCUT2D eigenvalue weighted by Crippen LogP contribution is 2.12. The molecule has 0 saturated carbocycles. The molecule has 1 aromatic rings. The van der Waals surface area contributed by atoms with Crippen molar-refractivity contribution in [2.75, 3.05) is 44.6 Å². The Hall–Kier alpha value is -1.92. The highest BCUT2D eigenvalue weighted by atomic mass is 16.2. The summed E-state index contributed by atoms with van der Waals surface area (Å²) in [6.07, 6.45) is 3.23. The van der Waals surface area contributed by atoms with Crippen LogP contribution in [0.15, 0.2) is 30.3 Å². The molecule has 3 rings (SSSR count). The van der Waals surface area contributed by atoms with Gasteiger partial charge in [0.05, 0.1) is 12.6 Å². The number of hydrogen-bond donors (Lipinski definition) is 2. The number of rotatable bonds is 4. The summed E-state index contributed by atoms with van der Waals surface area (Å²) in [4.78, 5) is 28.6. The molecule has 24 heavy (non-hydrogen) atoms. The van der Waals surface area contributed by atoms with E-state index in [1.165, 1.54) is 0 Å². The predicted molar refractivity (Wildman–Crippen MR) is 93.7 cm³/mol. The van der Waals surface area contributed by atoms with E-state index in [9.17, 15) is 9.59 Å². The first-order valence-electron chi connectivity index (χ1n) is 8.82. The summed E-state index contributed by atoms with van der Waals surface area (Å²) in [6, 6.07) is 9.48. The van der Waals surface area contributed by atoms with Crippen LogP contribution in [0.5, 0.6) is 0 Å². The summed E-state index contributed by atoms with van der Waals surface area (Å²) >= 11 is 0. The smallest absolute Gasteiger partial charge is 0.239 e. The second-order valence-electron chi connectivity index (χ2n) is 6.52. The molecule has 0 aliphatic carbocycles. The van der Waals surface area contributed by atoms with E-state index in [-0.39, 0.29) is 17.9 Å². The number of nitrogens with one attached hydrogen (secondary N) is 2. The number of amides is 2. The SMILES string of the molecule is O=C(CN1CCN(C(=O)C2CCCCN2)CC1)Nc1ccccc1. The van der Waals surface area contributed by atoms with Gasteiger partial charge in [-0.05, 0) is 31.5 Å². The molecule has 0 radical (unpaired) electrons. The molecule has 2 fully saturated rings. The number of piperazine rings is 1. The Labute approximate surface area is 143 Å². The molecule has 2 N–H and O–H groups in total. The Kier molecular flexibility index (Phi) is 5.82. The van der Waals surface area contributed by atoms with Gasteiger partial charge in [-0.1, -0.05) is 24.6 Å². The van der Waals surface area contributed by atoms with E-state index in [1.807, 2.05) is 35.2 Å². The summed E-state index contributed by atoms with van der Waals surface area (Å²) in [5.41, 5.74) is 0.819. The molecule has 1 unspecified atom stereocenters. The predicted octanol–water partition coefficient (Wildman–Crippen LogP) is 0.911. The minimum Gasteiger partial charge on any atom is -0.339 e. The van der Waals surface area contributed by atoms with Gasteiger partial charge in [0.2, 0.25) is 11.8 Å². The highest BCUT2D eigenvalue weighted by Gasteiger charge is 2.28. The van der Waals surface area contributed by atoms with Crippen molar-refractivity contribution in [3.63, 3.8) is 0 Å². The average Bonchev–Trinajstić information content (AvgIpc) is 2.63. The molecule has 6 nitrogen and oxygen atoms in total. The third-order valence-electron chi connectivity index (χ3n) is 4.72. The Morgan fingerprint density at radius 1 is 1.08 bits per heavy atom. The standard InChI is InChI=1S/C18H26N4O2/c23-17(20-15-6-2-1-3-7-15)14-21-10-12-22(13-11-21)18(24)16-8-4-5-9-19-16/h1-3,6-7,16,19H,4-5,8-14H2,(H,20,23). The second kappa shape index (κ2) is 8.26. The minimum absolute atomic E-state index is 0.00470. The van der Waals surface area contributed by atoms with Crippen LogP contribution >= 0.6 is 0 Å². The van der Waals surface area contributed by atoms with Crippen LogP contribution in [0.25, 0.3) is 0 Å². The molecule has 2 aliphatic rings. The fraction of sp³-hybridized carbons (Fsp3) is 0.556. The number of anilines is 1. The third-order valence-corrected chi connectivity index (χ3v) is 4.72. The second-order valence-corrected chi connectivity index (χ2v) is 6.52. The van der Waals surface area contributed by atoms with Gasteiger partial charge < -0.3 is 15.5 Å². The molecule has 0 aromatic heterocycles. The van der Waals surface area contributed by atoms with Crippen LogP contribution in [0.3, 0.4) is 0 Å². The highest BCUT2D eigenvalue weighted by molar-refractivity contribution is 5.92. The number of carbonyl (C=O) groups is 2. The lowest BCUT2D eigenvalue weighted by Crippen LogP contribution is -2.55. The number of benzene rings is 1. The van der Waals surface area contributed by atoms with Gasteiger partial charge in [0.1, 0.15) is 0 Å². The maximum atomic E-state index is 12.5. The van der Waals surface area contributed by atoms with Crippen LogP contribution < -0.4 is 10.6 Å². The summed E-state index contributed by atoms with van der Waals surface area (Å²) in [5, 5.41) is 6.22. The largest absolute Gasteiger partial charge is 0.339 e.